The van der Waals surface area contributed by atoms with Crippen molar-refractivity contribution < 1.29 is 14.1 Å². The molecule has 2 N–H and O–H groups in total. The van der Waals surface area contributed by atoms with Gasteiger partial charge >= 0.3 is 5.97 Å². The molecule has 94 valence electrons. The summed E-state index contributed by atoms with van der Waals surface area (Å²) in [4.78, 5) is 18.6. The second kappa shape index (κ2) is 6.29. The molecular formula is C10H15N3O3S. The molecule has 0 fully saturated rings. The first-order valence-electron chi connectivity index (χ1n) is 5.20. The third-order valence-electron chi connectivity index (χ3n) is 2.14. The zero-order valence-corrected chi connectivity index (χ0v) is 10.6. The zero-order valence-electron chi connectivity index (χ0n) is 9.77. The van der Waals surface area contributed by atoms with E-state index in [2.05, 4.69) is 15.3 Å². The second-order valence-electron chi connectivity index (χ2n) is 3.36. The van der Waals surface area contributed by atoms with E-state index in [0.29, 0.717) is 29.7 Å². The van der Waals surface area contributed by atoms with E-state index >= 15 is 0 Å². The lowest BCUT2D eigenvalue weighted by molar-refractivity contribution is 0.0695. The Hall–Kier alpha value is -1.50. The largest absolute Gasteiger partial charge is 0.478 e. The van der Waals surface area contributed by atoms with Crippen LogP contribution >= 0.6 is 0 Å². The summed E-state index contributed by atoms with van der Waals surface area (Å²) in [6, 6.07) is 0. The normalized spacial score (nSPS) is 12.1. The monoisotopic (exact) mass is 257 g/mol. The van der Waals surface area contributed by atoms with Gasteiger partial charge in [-0.3, -0.25) is 4.21 Å². The van der Waals surface area contributed by atoms with Crippen molar-refractivity contribution in [1.82, 2.24) is 9.97 Å². The maximum absolute atomic E-state index is 11.2. The van der Waals surface area contributed by atoms with Crippen LogP contribution in [0.25, 0.3) is 0 Å². The third-order valence-corrected chi connectivity index (χ3v) is 3.45. The van der Waals surface area contributed by atoms with E-state index in [1.807, 2.05) is 6.92 Å². The number of nitrogens with zero attached hydrogens (tertiary/aromatic N) is 2. The van der Waals surface area contributed by atoms with Crippen molar-refractivity contribution in [3.8, 4) is 0 Å². The minimum absolute atomic E-state index is 0.0904. The van der Waals surface area contributed by atoms with E-state index in [-0.39, 0.29) is 5.56 Å². The predicted molar refractivity (Wildman–Crippen MR) is 65.8 cm³/mol. The van der Waals surface area contributed by atoms with Crippen molar-refractivity contribution in [3.05, 3.63) is 17.5 Å². The lowest BCUT2D eigenvalue weighted by Gasteiger charge is -2.06. The molecule has 1 heterocycles. The SMILES string of the molecule is CCS(=O)CCNc1ncc(C(=O)O)c(C)n1. The summed E-state index contributed by atoms with van der Waals surface area (Å²) < 4.78 is 11.2. The molecule has 1 aromatic rings. The van der Waals surface area contributed by atoms with Crippen LogP contribution in [0, 0.1) is 6.92 Å². The number of carboxylic acid groups (broad SMARTS) is 1. The highest BCUT2D eigenvalue weighted by Crippen LogP contribution is 2.06. The van der Waals surface area contributed by atoms with Crippen LogP contribution < -0.4 is 5.32 Å². The molecule has 17 heavy (non-hydrogen) atoms. The summed E-state index contributed by atoms with van der Waals surface area (Å²) in [7, 11) is -0.830. The fourth-order valence-corrected chi connectivity index (χ4v) is 1.80. The number of rotatable bonds is 6. The molecule has 0 saturated carbocycles. The van der Waals surface area contributed by atoms with E-state index in [9.17, 15) is 9.00 Å². The smallest absolute Gasteiger partial charge is 0.339 e. The van der Waals surface area contributed by atoms with Crippen molar-refractivity contribution in [2.75, 3.05) is 23.4 Å². The first-order chi connectivity index (χ1) is 8.04. The van der Waals surface area contributed by atoms with Crippen molar-refractivity contribution in [1.29, 1.82) is 0 Å². The van der Waals surface area contributed by atoms with Crippen molar-refractivity contribution in [2.24, 2.45) is 0 Å². The van der Waals surface area contributed by atoms with Crippen molar-refractivity contribution >= 4 is 22.7 Å². The Morgan fingerprint density at radius 1 is 1.59 bits per heavy atom. The minimum Gasteiger partial charge on any atom is -0.478 e. The lowest BCUT2D eigenvalue weighted by Crippen LogP contribution is -2.14. The van der Waals surface area contributed by atoms with Gasteiger partial charge in [0.25, 0.3) is 0 Å². The van der Waals surface area contributed by atoms with Gasteiger partial charge < -0.3 is 10.4 Å². The molecule has 1 rings (SSSR count). The predicted octanol–water partition coefficient (Wildman–Crippen LogP) is 0.664. The third kappa shape index (κ3) is 4.10. The summed E-state index contributed by atoms with van der Waals surface area (Å²) in [6.07, 6.45) is 1.27. The molecule has 6 nitrogen and oxygen atoms in total. The number of nitrogens with one attached hydrogen (secondary N) is 1. The van der Waals surface area contributed by atoms with Crippen LogP contribution in [-0.2, 0) is 10.8 Å². The highest BCUT2D eigenvalue weighted by Gasteiger charge is 2.09. The molecule has 0 amide bonds. The van der Waals surface area contributed by atoms with Crippen LogP contribution in [0.1, 0.15) is 23.0 Å². The van der Waals surface area contributed by atoms with Gasteiger partial charge in [0.2, 0.25) is 5.95 Å². The van der Waals surface area contributed by atoms with Gasteiger partial charge in [0, 0.05) is 35.0 Å². The van der Waals surface area contributed by atoms with Gasteiger partial charge in [0.05, 0.1) is 11.3 Å². The fourth-order valence-electron chi connectivity index (χ4n) is 1.18. The number of carboxylic acids is 1. The molecule has 7 heteroatoms. The molecule has 0 aliphatic rings. The van der Waals surface area contributed by atoms with Gasteiger partial charge in [-0.2, -0.15) is 0 Å². The maximum atomic E-state index is 11.2. The maximum Gasteiger partial charge on any atom is 0.339 e. The molecular weight excluding hydrogens is 242 g/mol. The topological polar surface area (TPSA) is 92.2 Å². The van der Waals surface area contributed by atoms with Gasteiger partial charge in [-0.25, -0.2) is 14.8 Å². The summed E-state index contributed by atoms with van der Waals surface area (Å²) >= 11 is 0. The lowest BCUT2D eigenvalue weighted by atomic mass is 10.2. The fraction of sp³-hybridized carbons (Fsp3) is 0.500. The quantitative estimate of drug-likeness (QED) is 0.778. The first-order valence-corrected chi connectivity index (χ1v) is 6.69. The summed E-state index contributed by atoms with van der Waals surface area (Å²) in [5, 5.41) is 11.7. The van der Waals surface area contributed by atoms with Gasteiger partial charge in [-0.1, -0.05) is 6.92 Å². The Bertz CT molecular complexity index is 437. The van der Waals surface area contributed by atoms with Gasteiger partial charge in [0.1, 0.15) is 0 Å². The van der Waals surface area contributed by atoms with Gasteiger partial charge in [-0.15, -0.1) is 0 Å². The molecule has 0 aromatic carbocycles. The Labute approximate surface area is 102 Å². The molecule has 0 saturated heterocycles. The minimum atomic E-state index is -1.04. The highest BCUT2D eigenvalue weighted by atomic mass is 32.2. The van der Waals surface area contributed by atoms with Crippen molar-refractivity contribution in [2.45, 2.75) is 13.8 Å². The van der Waals surface area contributed by atoms with Crippen LogP contribution in [0.4, 0.5) is 5.95 Å². The average molecular weight is 257 g/mol. The van der Waals surface area contributed by atoms with E-state index in [1.54, 1.807) is 6.92 Å². The summed E-state index contributed by atoms with van der Waals surface area (Å²) in [5.41, 5.74) is 0.499. The van der Waals surface area contributed by atoms with Crippen LogP contribution in [0.15, 0.2) is 6.20 Å². The number of hydrogen-bond acceptors (Lipinski definition) is 5. The number of aryl methyl sites for hydroxylation is 1. The van der Waals surface area contributed by atoms with Crippen LogP contribution in [0.3, 0.4) is 0 Å². The zero-order chi connectivity index (χ0) is 12.8. The van der Waals surface area contributed by atoms with Crippen LogP contribution in [-0.4, -0.2) is 43.3 Å². The second-order valence-corrected chi connectivity index (χ2v) is 5.22. The molecule has 0 radical (unpaired) electrons. The Kier molecular flexibility index (Phi) is 5.02. The Morgan fingerprint density at radius 2 is 2.29 bits per heavy atom. The van der Waals surface area contributed by atoms with Gasteiger partial charge in [0.15, 0.2) is 0 Å². The number of aromatic nitrogens is 2. The van der Waals surface area contributed by atoms with Crippen LogP contribution in [0.2, 0.25) is 0 Å². The van der Waals surface area contributed by atoms with E-state index in [1.165, 1.54) is 6.20 Å². The Balaban J connectivity index is 2.59. The molecule has 1 unspecified atom stereocenters. The van der Waals surface area contributed by atoms with Crippen LogP contribution in [0.5, 0.6) is 0 Å². The van der Waals surface area contributed by atoms with Gasteiger partial charge in [-0.05, 0) is 6.92 Å². The molecule has 0 aliphatic carbocycles. The summed E-state index contributed by atoms with van der Waals surface area (Å²) in [6.45, 7) is 3.98. The first kappa shape index (κ1) is 13.6. The average Bonchev–Trinajstić information content (AvgIpc) is 2.28. The number of anilines is 1. The molecule has 0 bridgehead atoms. The molecule has 1 aromatic heterocycles. The molecule has 1 atom stereocenters. The molecule has 0 aliphatic heterocycles. The molecule has 0 spiro atoms. The number of aromatic carboxylic acids is 1. The van der Waals surface area contributed by atoms with E-state index < -0.39 is 16.8 Å². The number of hydrogen-bond donors (Lipinski definition) is 2. The Morgan fingerprint density at radius 3 is 2.82 bits per heavy atom. The van der Waals surface area contributed by atoms with Crippen molar-refractivity contribution in [3.63, 3.8) is 0 Å². The van der Waals surface area contributed by atoms with E-state index in [0.717, 1.165) is 0 Å². The highest BCUT2D eigenvalue weighted by molar-refractivity contribution is 7.84. The standard InChI is InChI=1S/C10H15N3O3S/c1-3-17(16)5-4-11-10-12-6-8(9(14)15)7(2)13-10/h6H,3-5H2,1-2H3,(H,14,15)(H,11,12,13). The number of carbonyl (C=O) groups is 1. The van der Waals surface area contributed by atoms with E-state index in [4.69, 9.17) is 5.11 Å². The summed E-state index contributed by atoms with van der Waals surface area (Å²) in [5.74, 6) is 0.473.